The van der Waals surface area contributed by atoms with Gasteiger partial charge in [0.25, 0.3) is 0 Å². The molecule has 5 heteroatoms. The fourth-order valence-corrected chi connectivity index (χ4v) is 2.65. The summed E-state index contributed by atoms with van der Waals surface area (Å²) >= 11 is 0. The van der Waals surface area contributed by atoms with Crippen molar-refractivity contribution in [2.75, 3.05) is 61.8 Å². The Labute approximate surface area is 120 Å². The van der Waals surface area contributed by atoms with E-state index in [2.05, 4.69) is 44.8 Å². The van der Waals surface area contributed by atoms with Crippen LogP contribution in [0.3, 0.4) is 0 Å². The lowest BCUT2D eigenvalue weighted by Gasteiger charge is -2.20. The van der Waals surface area contributed by atoms with Gasteiger partial charge >= 0.3 is 0 Å². The summed E-state index contributed by atoms with van der Waals surface area (Å²) in [6, 6.07) is 6.34. The molecular formula is C15H23N5. The number of nitrogens with one attached hydrogen (secondary N) is 5. The van der Waals surface area contributed by atoms with Gasteiger partial charge in [0.2, 0.25) is 0 Å². The molecule has 0 aliphatic carbocycles. The maximum Gasteiger partial charge on any atom is 0.0816 e. The summed E-state index contributed by atoms with van der Waals surface area (Å²) in [6.07, 6.45) is 0. The van der Waals surface area contributed by atoms with Gasteiger partial charge in [0.15, 0.2) is 0 Å². The Hall–Kier alpha value is -2.30. The summed E-state index contributed by atoms with van der Waals surface area (Å²) in [5.74, 6) is 0. The van der Waals surface area contributed by atoms with Crippen LogP contribution in [-0.2, 0) is 0 Å². The minimum absolute atomic E-state index is 1.06. The van der Waals surface area contributed by atoms with Crippen LogP contribution in [0.5, 0.6) is 0 Å². The lowest BCUT2D eigenvalue weighted by Crippen LogP contribution is -2.05. The zero-order valence-electron chi connectivity index (χ0n) is 12.7. The highest BCUT2D eigenvalue weighted by Crippen LogP contribution is 2.43. The van der Waals surface area contributed by atoms with Gasteiger partial charge in [0.05, 0.1) is 17.1 Å². The molecule has 0 amide bonds. The van der Waals surface area contributed by atoms with Gasteiger partial charge in [-0.25, -0.2) is 0 Å². The molecular weight excluding hydrogens is 250 g/mol. The van der Waals surface area contributed by atoms with Crippen LogP contribution in [0.2, 0.25) is 0 Å². The smallest absolute Gasteiger partial charge is 0.0816 e. The Bertz CT molecular complexity index is 621. The van der Waals surface area contributed by atoms with Crippen molar-refractivity contribution in [3.63, 3.8) is 0 Å². The Morgan fingerprint density at radius 2 is 1.15 bits per heavy atom. The van der Waals surface area contributed by atoms with Crippen molar-refractivity contribution in [2.45, 2.75) is 0 Å². The highest BCUT2D eigenvalue weighted by atomic mass is 15.0. The molecule has 0 saturated heterocycles. The van der Waals surface area contributed by atoms with Gasteiger partial charge in [-0.05, 0) is 18.2 Å². The summed E-state index contributed by atoms with van der Waals surface area (Å²) in [7, 11) is 9.70. The fourth-order valence-electron chi connectivity index (χ4n) is 2.65. The van der Waals surface area contributed by atoms with Crippen LogP contribution in [0.25, 0.3) is 10.8 Å². The van der Waals surface area contributed by atoms with Crippen molar-refractivity contribution in [1.29, 1.82) is 0 Å². The predicted molar refractivity (Wildman–Crippen MR) is 91.7 cm³/mol. The molecule has 0 fully saturated rings. The Morgan fingerprint density at radius 3 is 1.65 bits per heavy atom. The summed E-state index contributed by atoms with van der Waals surface area (Å²) in [5, 5.41) is 18.7. The van der Waals surface area contributed by atoms with E-state index in [1.165, 1.54) is 10.8 Å². The normalized spacial score (nSPS) is 10.2. The number of hydrogen-bond acceptors (Lipinski definition) is 5. The first-order valence-corrected chi connectivity index (χ1v) is 6.74. The highest BCUT2D eigenvalue weighted by Gasteiger charge is 2.15. The topological polar surface area (TPSA) is 60.1 Å². The van der Waals surface area contributed by atoms with E-state index in [4.69, 9.17) is 0 Å². The Kier molecular flexibility index (Phi) is 4.08. The first-order valence-electron chi connectivity index (χ1n) is 6.74. The molecule has 20 heavy (non-hydrogen) atoms. The molecule has 0 aliphatic heterocycles. The third kappa shape index (κ3) is 2.05. The monoisotopic (exact) mass is 273 g/mol. The first kappa shape index (κ1) is 14.1. The third-order valence-corrected chi connectivity index (χ3v) is 3.61. The van der Waals surface area contributed by atoms with Gasteiger partial charge < -0.3 is 26.6 Å². The van der Waals surface area contributed by atoms with Gasteiger partial charge in [-0.3, -0.25) is 0 Å². The number of benzene rings is 2. The van der Waals surface area contributed by atoms with E-state index in [0.717, 1.165) is 28.4 Å². The van der Waals surface area contributed by atoms with Gasteiger partial charge in [-0.2, -0.15) is 0 Å². The predicted octanol–water partition coefficient (Wildman–Crippen LogP) is 3.05. The van der Waals surface area contributed by atoms with E-state index in [9.17, 15) is 0 Å². The molecule has 0 heterocycles. The molecule has 0 atom stereocenters. The molecule has 108 valence electrons. The van der Waals surface area contributed by atoms with Crippen molar-refractivity contribution in [3.8, 4) is 0 Å². The van der Waals surface area contributed by atoms with Crippen molar-refractivity contribution >= 4 is 39.2 Å². The molecule has 2 aromatic rings. The van der Waals surface area contributed by atoms with Crippen LogP contribution >= 0.6 is 0 Å². The quantitative estimate of drug-likeness (QED) is 0.579. The number of fused-ring (bicyclic) bond motifs is 1. The van der Waals surface area contributed by atoms with Crippen LogP contribution in [0.4, 0.5) is 28.4 Å². The number of hydrogen-bond donors (Lipinski definition) is 5. The van der Waals surface area contributed by atoms with E-state index in [-0.39, 0.29) is 0 Å². The Morgan fingerprint density at radius 1 is 0.600 bits per heavy atom. The molecule has 2 aromatic carbocycles. The van der Waals surface area contributed by atoms with Crippen LogP contribution in [0, 0.1) is 0 Å². The lowest BCUT2D eigenvalue weighted by molar-refractivity contribution is 1.43. The average Bonchev–Trinajstić information content (AvgIpc) is 2.51. The zero-order chi connectivity index (χ0) is 14.7. The first-order chi connectivity index (χ1) is 9.71. The highest BCUT2D eigenvalue weighted by molar-refractivity contribution is 6.15. The average molecular weight is 273 g/mol. The molecule has 2 rings (SSSR count). The van der Waals surface area contributed by atoms with Crippen molar-refractivity contribution in [2.24, 2.45) is 0 Å². The van der Waals surface area contributed by atoms with Gasteiger partial charge in [-0.1, -0.05) is 0 Å². The van der Waals surface area contributed by atoms with Crippen LogP contribution in [0.15, 0.2) is 18.2 Å². The van der Waals surface area contributed by atoms with E-state index < -0.39 is 0 Å². The summed E-state index contributed by atoms with van der Waals surface area (Å²) < 4.78 is 0. The number of rotatable bonds is 5. The van der Waals surface area contributed by atoms with Crippen molar-refractivity contribution < 1.29 is 0 Å². The second-order valence-corrected chi connectivity index (χ2v) is 4.51. The zero-order valence-corrected chi connectivity index (χ0v) is 12.7. The second-order valence-electron chi connectivity index (χ2n) is 4.51. The molecule has 0 saturated carbocycles. The lowest BCUT2D eigenvalue weighted by atomic mass is 10.0. The largest absolute Gasteiger partial charge is 0.388 e. The minimum Gasteiger partial charge on any atom is -0.388 e. The minimum atomic E-state index is 1.06. The van der Waals surface area contributed by atoms with Gasteiger partial charge in [0, 0.05) is 57.4 Å². The SMILES string of the molecule is CNc1cc2c(NC)ccc(NC)c2c(NC)c1NC. The summed E-state index contributed by atoms with van der Waals surface area (Å²) in [4.78, 5) is 0. The Balaban J connectivity index is 2.96. The molecule has 0 radical (unpaired) electrons. The summed E-state index contributed by atoms with van der Waals surface area (Å²) in [5.41, 5.74) is 5.41. The molecule has 5 nitrogen and oxygen atoms in total. The maximum atomic E-state index is 3.32. The molecule has 0 bridgehead atoms. The van der Waals surface area contributed by atoms with Gasteiger partial charge in [-0.15, -0.1) is 0 Å². The molecule has 0 aromatic heterocycles. The maximum absolute atomic E-state index is 3.32. The molecule has 0 spiro atoms. The fraction of sp³-hybridized carbons (Fsp3) is 0.333. The third-order valence-electron chi connectivity index (χ3n) is 3.61. The van der Waals surface area contributed by atoms with E-state index in [0.29, 0.717) is 0 Å². The van der Waals surface area contributed by atoms with Crippen molar-refractivity contribution in [1.82, 2.24) is 0 Å². The van der Waals surface area contributed by atoms with Crippen LogP contribution < -0.4 is 26.6 Å². The van der Waals surface area contributed by atoms with E-state index >= 15 is 0 Å². The van der Waals surface area contributed by atoms with Crippen LogP contribution in [0.1, 0.15) is 0 Å². The summed E-state index contributed by atoms with van der Waals surface area (Å²) in [6.45, 7) is 0. The van der Waals surface area contributed by atoms with Gasteiger partial charge in [0.1, 0.15) is 0 Å². The van der Waals surface area contributed by atoms with Crippen molar-refractivity contribution in [3.05, 3.63) is 18.2 Å². The molecule has 0 unspecified atom stereocenters. The number of anilines is 5. The van der Waals surface area contributed by atoms with E-state index in [1.54, 1.807) is 0 Å². The molecule has 5 N–H and O–H groups in total. The standard InChI is InChI=1S/C15H23N5/c1-16-10-6-7-11(17-2)13-9(10)8-12(18-3)14(19-4)15(13)20-5/h6-8,16-20H,1-5H3. The van der Waals surface area contributed by atoms with Crippen LogP contribution in [-0.4, -0.2) is 35.2 Å². The van der Waals surface area contributed by atoms with E-state index in [1.807, 2.05) is 35.2 Å². The second kappa shape index (κ2) is 5.77. The molecule has 0 aliphatic rings.